The van der Waals surface area contributed by atoms with Gasteiger partial charge < -0.3 is 0 Å². The van der Waals surface area contributed by atoms with E-state index in [2.05, 4.69) is 4.98 Å². The molecule has 3 fully saturated rings. The Morgan fingerprint density at radius 3 is 2.62 bits per heavy atom. The van der Waals surface area contributed by atoms with Gasteiger partial charge in [0.1, 0.15) is 5.67 Å². The number of thioether (sulfide) groups is 1. The molecule has 1 nitrogen and oxygen atoms in total. The van der Waals surface area contributed by atoms with Gasteiger partial charge in [0.05, 0.1) is 5.03 Å². The molecule has 0 saturated heterocycles. The highest BCUT2D eigenvalue weighted by Gasteiger charge is 2.69. The molecule has 0 radical (unpaired) electrons. The minimum absolute atomic E-state index is 0.211. The SMILES string of the molecule is FC12CC(Sc3ccccn3)(C1)C2. The Morgan fingerprint density at radius 2 is 2.08 bits per heavy atom. The summed E-state index contributed by atoms with van der Waals surface area (Å²) in [4.78, 5) is 4.23. The van der Waals surface area contributed by atoms with E-state index in [4.69, 9.17) is 0 Å². The largest absolute Gasteiger partial charge is 0.250 e. The molecule has 0 aromatic carbocycles. The lowest BCUT2D eigenvalue weighted by atomic mass is 9.52. The average molecular weight is 195 g/mol. The second-order valence-corrected chi connectivity index (χ2v) is 5.62. The molecule has 3 aliphatic rings. The van der Waals surface area contributed by atoms with Crippen LogP contribution in [0.1, 0.15) is 19.3 Å². The van der Waals surface area contributed by atoms with E-state index in [1.165, 1.54) is 0 Å². The second kappa shape index (κ2) is 2.27. The van der Waals surface area contributed by atoms with Crippen LogP contribution in [0.25, 0.3) is 0 Å². The van der Waals surface area contributed by atoms with Crippen molar-refractivity contribution in [2.45, 2.75) is 34.7 Å². The predicted octanol–water partition coefficient (Wildman–Crippen LogP) is 2.82. The summed E-state index contributed by atoms with van der Waals surface area (Å²) in [6.07, 6.45) is 4.00. The van der Waals surface area contributed by atoms with Crippen molar-refractivity contribution in [3.05, 3.63) is 24.4 Å². The third-order valence-corrected chi connectivity index (χ3v) is 4.19. The van der Waals surface area contributed by atoms with Gasteiger partial charge in [-0.3, -0.25) is 0 Å². The van der Waals surface area contributed by atoms with Crippen LogP contribution in [-0.2, 0) is 0 Å². The summed E-state index contributed by atoms with van der Waals surface area (Å²) in [6, 6.07) is 5.88. The van der Waals surface area contributed by atoms with Gasteiger partial charge in [-0.2, -0.15) is 0 Å². The van der Waals surface area contributed by atoms with Crippen LogP contribution in [0.5, 0.6) is 0 Å². The van der Waals surface area contributed by atoms with Gasteiger partial charge in [-0.1, -0.05) is 17.8 Å². The van der Waals surface area contributed by atoms with E-state index in [0.717, 1.165) is 24.3 Å². The zero-order valence-corrected chi connectivity index (χ0v) is 7.98. The van der Waals surface area contributed by atoms with Gasteiger partial charge in [0.2, 0.25) is 0 Å². The van der Waals surface area contributed by atoms with Crippen LogP contribution in [0.3, 0.4) is 0 Å². The maximum Gasteiger partial charge on any atom is 0.115 e. The molecular weight excluding hydrogens is 185 g/mol. The third-order valence-electron chi connectivity index (χ3n) is 2.88. The normalized spacial score (nSPS) is 40.7. The third kappa shape index (κ3) is 1.10. The first-order chi connectivity index (χ1) is 6.20. The number of hydrogen-bond acceptors (Lipinski definition) is 2. The van der Waals surface area contributed by atoms with Gasteiger partial charge in [0.15, 0.2) is 0 Å². The van der Waals surface area contributed by atoms with Crippen LogP contribution in [-0.4, -0.2) is 15.4 Å². The quantitative estimate of drug-likeness (QED) is 0.719. The molecule has 4 rings (SSSR count). The van der Waals surface area contributed by atoms with Crippen LogP contribution < -0.4 is 0 Å². The fraction of sp³-hybridized carbons (Fsp3) is 0.500. The van der Waals surface area contributed by atoms with Gasteiger partial charge in [0, 0.05) is 10.9 Å². The number of halogens is 1. The molecule has 2 bridgehead atoms. The fourth-order valence-electron chi connectivity index (χ4n) is 2.31. The maximum atomic E-state index is 13.2. The number of nitrogens with zero attached hydrogens (tertiary/aromatic N) is 1. The minimum Gasteiger partial charge on any atom is -0.250 e. The van der Waals surface area contributed by atoms with Gasteiger partial charge in [-0.05, 0) is 31.4 Å². The highest BCUT2D eigenvalue weighted by atomic mass is 32.2. The van der Waals surface area contributed by atoms with E-state index in [9.17, 15) is 4.39 Å². The summed E-state index contributed by atoms with van der Waals surface area (Å²) in [7, 11) is 0. The first-order valence-electron chi connectivity index (χ1n) is 4.49. The molecule has 0 N–H and O–H groups in total. The maximum absolute atomic E-state index is 13.2. The Hall–Kier alpha value is -0.570. The smallest absolute Gasteiger partial charge is 0.115 e. The van der Waals surface area contributed by atoms with E-state index >= 15 is 0 Å². The Kier molecular flexibility index (Phi) is 1.36. The van der Waals surface area contributed by atoms with E-state index in [1.807, 2.05) is 18.2 Å². The summed E-state index contributed by atoms with van der Waals surface area (Å²) >= 11 is 1.75. The van der Waals surface area contributed by atoms with Crippen molar-refractivity contribution in [2.75, 3.05) is 0 Å². The first-order valence-corrected chi connectivity index (χ1v) is 5.31. The van der Waals surface area contributed by atoms with Crippen LogP contribution in [0.4, 0.5) is 4.39 Å². The second-order valence-electron chi connectivity index (χ2n) is 4.13. The van der Waals surface area contributed by atoms with Crippen molar-refractivity contribution in [3.8, 4) is 0 Å². The number of aromatic nitrogens is 1. The predicted molar refractivity (Wildman–Crippen MR) is 50.5 cm³/mol. The molecule has 0 amide bonds. The van der Waals surface area contributed by atoms with Crippen molar-refractivity contribution >= 4 is 11.8 Å². The molecule has 0 spiro atoms. The molecule has 0 aliphatic heterocycles. The number of rotatable bonds is 2. The molecule has 3 aliphatic carbocycles. The van der Waals surface area contributed by atoms with Crippen molar-refractivity contribution in [1.29, 1.82) is 0 Å². The summed E-state index contributed by atoms with van der Waals surface area (Å²) < 4.78 is 13.4. The van der Waals surface area contributed by atoms with Crippen LogP contribution in [0.2, 0.25) is 0 Å². The molecule has 1 heterocycles. The van der Waals surface area contributed by atoms with Crippen molar-refractivity contribution < 1.29 is 4.39 Å². The molecule has 1 aromatic rings. The molecule has 68 valence electrons. The van der Waals surface area contributed by atoms with Gasteiger partial charge >= 0.3 is 0 Å². The monoisotopic (exact) mass is 195 g/mol. The zero-order valence-electron chi connectivity index (χ0n) is 7.16. The Balaban J connectivity index is 1.72. The molecule has 3 saturated carbocycles. The Labute approximate surface area is 80.8 Å². The molecule has 0 unspecified atom stereocenters. The highest BCUT2D eigenvalue weighted by Crippen LogP contribution is 2.70. The molecule has 3 heteroatoms. The molecular formula is C10H10FNS. The van der Waals surface area contributed by atoms with Gasteiger partial charge in [-0.15, -0.1) is 0 Å². The Bertz CT molecular complexity index is 318. The summed E-state index contributed by atoms with van der Waals surface area (Å²) in [5.74, 6) is 0. The van der Waals surface area contributed by atoms with E-state index in [-0.39, 0.29) is 4.75 Å². The molecule has 0 atom stereocenters. The van der Waals surface area contributed by atoms with Gasteiger partial charge in [0.25, 0.3) is 0 Å². The number of alkyl halides is 1. The zero-order chi connectivity index (χ0) is 8.94. The highest BCUT2D eigenvalue weighted by molar-refractivity contribution is 8.00. The number of hydrogen-bond donors (Lipinski definition) is 0. The van der Waals surface area contributed by atoms with E-state index in [1.54, 1.807) is 18.0 Å². The summed E-state index contributed by atoms with van der Waals surface area (Å²) in [6.45, 7) is 0. The van der Waals surface area contributed by atoms with E-state index < -0.39 is 5.67 Å². The standard InChI is InChI=1S/C10H10FNS/c11-9-5-10(6-9,7-9)13-8-3-1-2-4-12-8/h1-4H,5-7H2. The van der Waals surface area contributed by atoms with Crippen LogP contribution in [0, 0.1) is 0 Å². The molecule has 1 aromatic heterocycles. The van der Waals surface area contributed by atoms with Gasteiger partial charge in [-0.25, -0.2) is 9.37 Å². The van der Waals surface area contributed by atoms with Crippen LogP contribution >= 0.6 is 11.8 Å². The Morgan fingerprint density at radius 1 is 1.31 bits per heavy atom. The fourth-order valence-corrected chi connectivity index (χ4v) is 4.01. The average Bonchev–Trinajstić information content (AvgIpc) is 2.02. The van der Waals surface area contributed by atoms with Crippen molar-refractivity contribution in [2.24, 2.45) is 0 Å². The lowest BCUT2D eigenvalue weighted by molar-refractivity contribution is -0.101. The lowest BCUT2D eigenvalue weighted by Gasteiger charge is -2.65. The molecule has 13 heavy (non-hydrogen) atoms. The minimum atomic E-state index is -0.790. The van der Waals surface area contributed by atoms with Crippen molar-refractivity contribution in [3.63, 3.8) is 0 Å². The van der Waals surface area contributed by atoms with Crippen LogP contribution in [0.15, 0.2) is 29.4 Å². The first kappa shape index (κ1) is 7.80. The summed E-state index contributed by atoms with van der Waals surface area (Å²) in [5.41, 5.74) is -0.790. The lowest BCUT2D eigenvalue weighted by Crippen LogP contribution is -2.67. The topological polar surface area (TPSA) is 12.9 Å². The van der Waals surface area contributed by atoms with Crippen molar-refractivity contribution in [1.82, 2.24) is 4.98 Å². The number of pyridine rings is 1. The summed E-state index contributed by atoms with van der Waals surface area (Å²) in [5, 5.41) is 1.03. The van der Waals surface area contributed by atoms with E-state index in [0.29, 0.717) is 0 Å².